The molecule has 0 aliphatic rings. The molecule has 3 heteroatoms. The lowest BCUT2D eigenvalue weighted by Gasteiger charge is -2.10. The number of hydrogen-bond donors (Lipinski definition) is 1. The number of anilines is 1. The van der Waals surface area contributed by atoms with E-state index in [1.165, 1.54) is 25.7 Å². The van der Waals surface area contributed by atoms with Crippen molar-refractivity contribution in [3.05, 3.63) is 54.6 Å². The lowest BCUT2D eigenvalue weighted by Crippen LogP contribution is -2.09. The minimum atomic E-state index is 0.540. The predicted molar refractivity (Wildman–Crippen MR) is 96.5 cm³/mol. The molecule has 23 heavy (non-hydrogen) atoms. The molecule has 2 aromatic rings. The zero-order chi connectivity index (χ0) is 16.2. The third-order valence-corrected chi connectivity index (χ3v) is 3.58. The summed E-state index contributed by atoms with van der Waals surface area (Å²) in [4.78, 5) is 0. The van der Waals surface area contributed by atoms with E-state index in [0.29, 0.717) is 13.2 Å². The molecule has 0 spiro atoms. The highest BCUT2D eigenvalue weighted by molar-refractivity contribution is 5.46. The topological polar surface area (TPSA) is 30.5 Å². The Morgan fingerprint density at radius 1 is 0.739 bits per heavy atom. The van der Waals surface area contributed by atoms with Crippen LogP contribution in [-0.2, 0) is 0 Å². The smallest absolute Gasteiger partial charge is 0.122 e. The molecule has 0 radical (unpaired) electrons. The van der Waals surface area contributed by atoms with Gasteiger partial charge in [-0.15, -0.1) is 0 Å². The summed E-state index contributed by atoms with van der Waals surface area (Å²) in [6.45, 7) is 4.35. The van der Waals surface area contributed by atoms with Gasteiger partial charge in [0.2, 0.25) is 0 Å². The van der Waals surface area contributed by atoms with Crippen LogP contribution in [0.4, 0.5) is 5.69 Å². The molecule has 2 rings (SSSR count). The van der Waals surface area contributed by atoms with Crippen molar-refractivity contribution < 1.29 is 9.47 Å². The summed E-state index contributed by atoms with van der Waals surface area (Å²) in [5.74, 6) is 1.75. The Balaban J connectivity index is 1.61. The second-order valence-electron chi connectivity index (χ2n) is 5.52. The molecule has 0 bridgehead atoms. The zero-order valence-corrected chi connectivity index (χ0v) is 14.0. The van der Waals surface area contributed by atoms with Gasteiger partial charge in [0, 0.05) is 12.2 Å². The number of hydrogen-bond acceptors (Lipinski definition) is 3. The molecular weight excluding hydrogens is 286 g/mol. The van der Waals surface area contributed by atoms with Gasteiger partial charge in [-0.2, -0.15) is 0 Å². The fourth-order valence-corrected chi connectivity index (χ4v) is 2.29. The Labute approximate surface area is 139 Å². The van der Waals surface area contributed by atoms with Gasteiger partial charge < -0.3 is 14.8 Å². The molecule has 0 heterocycles. The molecule has 1 N–H and O–H groups in total. The minimum absolute atomic E-state index is 0.540. The summed E-state index contributed by atoms with van der Waals surface area (Å²) in [5.41, 5.74) is 1.15. The van der Waals surface area contributed by atoms with E-state index < -0.39 is 0 Å². The lowest BCUT2D eigenvalue weighted by atomic mass is 10.2. The predicted octanol–water partition coefficient (Wildman–Crippen LogP) is 5.14. The van der Waals surface area contributed by atoms with Crippen LogP contribution in [0.5, 0.6) is 11.5 Å². The van der Waals surface area contributed by atoms with Crippen LogP contribution >= 0.6 is 0 Å². The van der Waals surface area contributed by atoms with E-state index in [9.17, 15) is 0 Å². The van der Waals surface area contributed by atoms with Crippen LogP contribution in [0.25, 0.3) is 0 Å². The standard InChI is InChI=1S/C20H27NO2/c1-2-3-4-8-15-21-18-11-13-20(14-12-18)23-17-16-22-19-9-6-5-7-10-19/h5-7,9-14,21H,2-4,8,15-17H2,1H3. The van der Waals surface area contributed by atoms with E-state index in [-0.39, 0.29) is 0 Å². The van der Waals surface area contributed by atoms with Crippen molar-refractivity contribution in [2.24, 2.45) is 0 Å². The van der Waals surface area contributed by atoms with Crippen molar-refractivity contribution in [2.75, 3.05) is 25.1 Å². The number of para-hydroxylation sites is 1. The van der Waals surface area contributed by atoms with Gasteiger partial charge in [0.15, 0.2) is 0 Å². The summed E-state index contributed by atoms with van der Waals surface area (Å²) in [5, 5.41) is 3.44. The molecule has 0 aliphatic carbocycles. The Bertz CT molecular complexity index is 525. The second kappa shape index (κ2) is 10.5. The highest BCUT2D eigenvalue weighted by atomic mass is 16.5. The molecule has 0 fully saturated rings. The van der Waals surface area contributed by atoms with Crippen LogP contribution in [0, 0.1) is 0 Å². The Kier molecular flexibility index (Phi) is 7.89. The first-order chi connectivity index (χ1) is 11.4. The van der Waals surface area contributed by atoms with Gasteiger partial charge in [-0.05, 0) is 42.8 Å². The largest absolute Gasteiger partial charge is 0.490 e. The maximum atomic E-state index is 5.69. The molecule has 2 aromatic carbocycles. The van der Waals surface area contributed by atoms with Crippen molar-refractivity contribution in [3.63, 3.8) is 0 Å². The molecule has 0 unspecified atom stereocenters. The minimum Gasteiger partial charge on any atom is -0.490 e. The maximum Gasteiger partial charge on any atom is 0.122 e. The molecule has 0 saturated heterocycles. The summed E-state index contributed by atoms with van der Waals surface area (Å²) < 4.78 is 11.3. The van der Waals surface area contributed by atoms with E-state index in [4.69, 9.17) is 9.47 Å². The number of unbranched alkanes of at least 4 members (excludes halogenated alkanes) is 3. The fourth-order valence-electron chi connectivity index (χ4n) is 2.29. The first kappa shape index (κ1) is 17.2. The van der Waals surface area contributed by atoms with E-state index in [1.54, 1.807) is 0 Å². The van der Waals surface area contributed by atoms with Gasteiger partial charge in [-0.1, -0.05) is 44.4 Å². The number of nitrogens with one attached hydrogen (secondary N) is 1. The maximum absolute atomic E-state index is 5.69. The summed E-state index contributed by atoms with van der Waals surface area (Å²) >= 11 is 0. The second-order valence-corrected chi connectivity index (χ2v) is 5.52. The monoisotopic (exact) mass is 313 g/mol. The summed E-state index contributed by atoms with van der Waals surface area (Å²) in [6.07, 6.45) is 5.12. The Morgan fingerprint density at radius 2 is 1.39 bits per heavy atom. The highest BCUT2D eigenvalue weighted by Crippen LogP contribution is 2.16. The zero-order valence-electron chi connectivity index (χ0n) is 14.0. The first-order valence-electron chi connectivity index (χ1n) is 8.53. The van der Waals surface area contributed by atoms with Gasteiger partial charge in [-0.25, -0.2) is 0 Å². The average Bonchev–Trinajstić information content (AvgIpc) is 2.61. The molecule has 3 nitrogen and oxygen atoms in total. The van der Waals surface area contributed by atoms with Crippen molar-refractivity contribution in [2.45, 2.75) is 32.6 Å². The van der Waals surface area contributed by atoms with Crippen molar-refractivity contribution in [1.29, 1.82) is 0 Å². The van der Waals surface area contributed by atoms with Gasteiger partial charge in [-0.3, -0.25) is 0 Å². The van der Waals surface area contributed by atoms with Gasteiger partial charge in [0.05, 0.1) is 0 Å². The van der Waals surface area contributed by atoms with Gasteiger partial charge >= 0.3 is 0 Å². The molecular formula is C20H27NO2. The molecule has 0 aliphatic heterocycles. The van der Waals surface area contributed by atoms with Crippen LogP contribution in [0.2, 0.25) is 0 Å². The third kappa shape index (κ3) is 7.09. The SMILES string of the molecule is CCCCCCNc1ccc(OCCOc2ccccc2)cc1. The van der Waals surface area contributed by atoms with Crippen LogP contribution in [0.15, 0.2) is 54.6 Å². The van der Waals surface area contributed by atoms with Crippen LogP contribution in [0.1, 0.15) is 32.6 Å². The van der Waals surface area contributed by atoms with E-state index in [1.807, 2.05) is 42.5 Å². The summed E-state index contributed by atoms with van der Waals surface area (Å²) in [7, 11) is 0. The van der Waals surface area contributed by atoms with E-state index >= 15 is 0 Å². The molecule has 0 atom stereocenters. The van der Waals surface area contributed by atoms with Gasteiger partial charge in [0.1, 0.15) is 24.7 Å². The first-order valence-corrected chi connectivity index (χ1v) is 8.53. The number of benzene rings is 2. The van der Waals surface area contributed by atoms with Crippen LogP contribution in [0.3, 0.4) is 0 Å². The molecule has 0 amide bonds. The summed E-state index contributed by atoms with van der Waals surface area (Å²) in [6, 6.07) is 17.9. The fraction of sp³-hybridized carbons (Fsp3) is 0.400. The Morgan fingerprint density at radius 3 is 2.04 bits per heavy atom. The normalized spacial score (nSPS) is 10.3. The van der Waals surface area contributed by atoms with Crippen LogP contribution < -0.4 is 14.8 Å². The number of rotatable bonds is 11. The van der Waals surface area contributed by atoms with Crippen molar-refractivity contribution in [1.82, 2.24) is 0 Å². The van der Waals surface area contributed by atoms with Crippen LogP contribution in [-0.4, -0.2) is 19.8 Å². The van der Waals surface area contributed by atoms with Crippen molar-refractivity contribution in [3.8, 4) is 11.5 Å². The van der Waals surface area contributed by atoms with Crippen molar-refractivity contribution >= 4 is 5.69 Å². The van der Waals surface area contributed by atoms with Gasteiger partial charge in [0.25, 0.3) is 0 Å². The molecule has 124 valence electrons. The molecule has 0 aromatic heterocycles. The number of ether oxygens (including phenoxy) is 2. The average molecular weight is 313 g/mol. The third-order valence-electron chi connectivity index (χ3n) is 3.58. The van der Waals surface area contributed by atoms with E-state index in [0.717, 1.165) is 23.7 Å². The molecule has 0 saturated carbocycles. The highest BCUT2D eigenvalue weighted by Gasteiger charge is 1.97. The lowest BCUT2D eigenvalue weighted by molar-refractivity contribution is 0.217. The van der Waals surface area contributed by atoms with E-state index in [2.05, 4.69) is 24.4 Å². The quantitative estimate of drug-likeness (QED) is 0.583. The Hall–Kier alpha value is -2.16.